The molecule has 8 nitrogen and oxygen atoms in total. The van der Waals surface area contributed by atoms with E-state index in [1.807, 2.05) is 6.92 Å². The highest BCUT2D eigenvalue weighted by Gasteiger charge is 2.19. The fraction of sp³-hybridized carbons (Fsp3) is 0.174. The number of thiophene rings is 1. The van der Waals surface area contributed by atoms with Gasteiger partial charge in [-0.3, -0.25) is 14.2 Å². The van der Waals surface area contributed by atoms with Crippen LogP contribution in [0.25, 0.3) is 15.9 Å². The summed E-state index contributed by atoms with van der Waals surface area (Å²) in [5, 5.41) is 3.54. The normalized spacial score (nSPS) is 12.7. The van der Waals surface area contributed by atoms with Gasteiger partial charge in [0.15, 0.2) is 11.5 Å². The lowest BCUT2D eigenvalue weighted by Gasteiger charge is -2.19. The van der Waals surface area contributed by atoms with Crippen LogP contribution in [-0.4, -0.2) is 28.3 Å². The molecule has 1 aliphatic heterocycles. The average molecular weight is 484 g/mol. The van der Waals surface area contributed by atoms with E-state index in [2.05, 4.69) is 5.32 Å². The Kier molecular flexibility index (Phi) is 5.43. The van der Waals surface area contributed by atoms with Gasteiger partial charge in [-0.1, -0.05) is 17.7 Å². The number of nitrogens with zero attached hydrogens (tertiary/aromatic N) is 2. The van der Waals surface area contributed by atoms with Crippen LogP contribution in [0.2, 0.25) is 5.02 Å². The lowest BCUT2D eigenvalue weighted by molar-refractivity contribution is -0.116. The van der Waals surface area contributed by atoms with Gasteiger partial charge in [0.25, 0.3) is 5.56 Å². The summed E-state index contributed by atoms with van der Waals surface area (Å²) in [7, 11) is 0. The third-order valence-electron chi connectivity index (χ3n) is 5.13. The number of nitrogens with one attached hydrogen (secondary N) is 1. The van der Waals surface area contributed by atoms with E-state index in [-0.39, 0.29) is 6.54 Å². The number of aryl methyl sites for hydroxylation is 1. The van der Waals surface area contributed by atoms with Crippen molar-refractivity contribution in [1.82, 2.24) is 9.13 Å². The highest BCUT2D eigenvalue weighted by molar-refractivity contribution is 7.18. The van der Waals surface area contributed by atoms with Crippen LogP contribution in [0.4, 0.5) is 5.69 Å². The van der Waals surface area contributed by atoms with Crippen LogP contribution >= 0.6 is 22.9 Å². The number of ether oxygens (including phenoxy) is 2. The Morgan fingerprint density at radius 2 is 1.88 bits per heavy atom. The topological polar surface area (TPSA) is 91.6 Å². The van der Waals surface area contributed by atoms with Gasteiger partial charge in [0.05, 0.1) is 11.1 Å². The first-order chi connectivity index (χ1) is 15.9. The molecule has 0 saturated carbocycles. The van der Waals surface area contributed by atoms with Gasteiger partial charge in [-0.15, -0.1) is 11.3 Å². The molecule has 2 aromatic heterocycles. The minimum Gasteiger partial charge on any atom is -0.486 e. The van der Waals surface area contributed by atoms with Gasteiger partial charge in [-0.05, 0) is 43.3 Å². The molecule has 2 aromatic carbocycles. The van der Waals surface area contributed by atoms with Crippen LogP contribution in [0.1, 0.15) is 4.88 Å². The summed E-state index contributed by atoms with van der Waals surface area (Å²) in [5.74, 6) is 0.735. The summed E-state index contributed by atoms with van der Waals surface area (Å²) in [5.41, 5.74) is -0.220. The zero-order valence-electron chi connectivity index (χ0n) is 17.5. The Morgan fingerprint density at radius 3 is 2.67 bits per heavy atom. The summed E-state index contributed by atoms with van der Waals surface area (Å²) in [6.45, 7) is 2.48. The van der Waals surface area contributed by atoms with E-state index in [1.54, 1.807) is 42.5 Å². The number of halogens is 1. The third kappa shape index (κ3) is 4.01. The van der Waals surface area contributed by atoms with E-state index in [9.17, 15) is 14.4 Å². The number of anilines is 1. The average Bonchev–Trinajstić information content (AvgIpc) is 3.18. The standard InChI is InChI=1S/C23H18ClN3O5S/c1-13-9-17-21(29)27(16-4-2-3-14(24)10-16)23(30)26(22(17)33-13)12-20(28)25-15-5-6-18-19(11-15)32-8-7-31-18/h2-6,9-11H,7-8,12H2,1H3,(H,25,28). The van der Waals surface area contributed by atoms with Gasteiger partial charge in [-0.25, -0.2) is 9.36 Å². The number of carbonyl (C=O) groups is 1. The molecule has 1 aliphatic rings. The molecule has 10 heteroatoms. The van der Waals surface area contributed by atoms with Gasteiger partial charge in [0.2, 0.25) is 5.91 Å². The summed E-state index contributed by atoms with van der Waals surface area (Å²) in [4.78, 5) is 40.7. The monoisotopic (exact) mass is 483 g/mol. The van der Waals surface area contributed by atoms with Gasteiger partial charge < -0.3 is 14.8 Å². The number of hydrogen-bond donors (Lipinski definition) is 1. The molecule has 0 unspecified atom stereocenters. The Hall–Kier alpha value is -3.56. The first kappa shape index (κ1) is 21.3. The number of amides is 1. The van der Waals surface area contributed by atoms with E-state index in [0.29, 0.717) is 51.3 Å². The number of fused-ring (bicyclic) bond motifs is 2. The second kappa shape index (κ2) is 8.42. The molecule has 0 bridgehead atoms. The predicted molar refractivity (Wildman–Crippen MR) is 127 cm³/mol. The van der Waals surface area contributed by atoms with E-state index >= 15 is 0 Å². The Balaban J connectivity index is 1.54. The van der Waals surface area contributed by atoms with Crippen LogP contribution in [0.5, 0.6) is 11.5 Å². The molecule has 1 amide bonds. The van der Waals surface area contributed by atoms with Crippen LogP contribution in [0.3, 0.4) is 0 Å². The second-order valence-corrected chi connectivity index (χ2v) is 9.14. The fourth-order valence-corrected chi connectivity index (χ4v) is 4.89. The SMILES string of the molecule is Cc1cc2c(=O)n(-c3cccc(Cl)c3)c(=O)n(CC(=O)Nc3ccc4c(c3)OCCO4)c2s1. The van der Waals surface area contributed by atoms with E-state index in [0.717, 1.165) is 9.44 Å². The van der Waals surface area contributed by atoms with Gasteiger partial charge in [0, 0.05) is 21.7 Å². The largest absolute Gasteiger partial charge is 0.486 e. The van der Waals surface area contributed by atoms with E-state index < -0.39 is 17.2 Å². The van der Waals surface area contributed by atoms with Gasteiger partial charge in [0.1, 0.15) is 24.6 Å². The van der Waals surface area contributed by atoms with Crippen molar-refractivity contribution >= 4 is 44.7 Å². The van der Waals surface area contributed by atoms with Crippen LogP contribution in [-0.2, 0) is 11.3 Å². The molecule has 4 aromatic rings. The number of benzene rings is 2. The molecule has 3 heterocycles. The Morgan fingerprint density at radius 1 is 1.09 bits per heavy atom. The summed E-state index contributed by atoms with van der Waals surface area (Å²) in [6, 6.07) is 13.3. The molecule has 168 valence electrons. The molecule has 0 saturated heterocycles. The number of aromatic nitrogens is 2. The molecule has 0 radical (unpaired) electrons. The van der Waals surface area contributed by atoms with Crippen molar-refractivity contribution < 1.29 is 14.3 Å². The molecule has 1 N–H and O–H groups in total. The Labute approximate surface area is 196 Å². The highest BCUT2D eigenvalue weighted by atomic mass is 35.5. The fourth-order valence-electron chi connectivity index (χ4n) is 3.72. The summed E-state index contributed by atoms with van der Waals surface area (Å²) < 4.78 is 13.4. The zero-order chi connectivity index (χ0) is 23.1. The number of hydrogen-bond acceptors (Lipinski definition) is 6. The first-order valence-electron chi connectivity index (χ1n) is 10.1. The van der Waals surface area contributed by atoms with Crippen LogP contribution in [0, 0.1) is 6.92 Å². The van der Waals surface area contributed by atoms with Crippen molar-refractivity contribution in [2.24, 2.45) is 0 Å². The van der Waals surface area contributed by atoms with Crippen molar-refractivity contribution in [3.8, 4) is 17.2 Å². The quantitative estimate of drug-likeness (QED) is 0.479. The molecular formula is C23H18ClN3O5S. The maximum absolute atomic E-state index is 13.4. The number of rotatable bonds is 4. The molecular weight excluding hydrogens is 466 g/mol. The summed E-state index contributed by atoms with van der Waals surface area (Å²) >= 11 is 7.37. The maximum Gasteiger partial charge on any atom is 0.337 e. The molecule has 0 aliphatic carbocycles. The molecule has 0 spiro atoms. The zero-order valence-corrected chi connectivity index (χ0v) is 19.0. The van der Waals surface area contributed by atoms with Crippen molar-refractivity contribution in [3.63, 3.8) is 0 Å². The van der Waals surface area contributed by atoms with Crippen molar-refractivity contribution in [2.45, 2.75) is 13.5 Å². The molecule has 0 fully saturated rings. The van der Waals surface area contributed by atoms with E-state index in [1.165, 1.54) is 22.0 Å². The minimum absolute atomic E-state index is 0.273. The second-order valence-electron chi connectivity index (χ2n) is 7.47. The molecule has 0 atom stereocenters. The third-order valence-corrected chi connectivity index (χ3v) is 6.44. The maximum atomic E-state index is 13.4. The van der Waals surface area contributed by atoms with Gasteiger partial charge >= 0.3 is 5.69 Å². The Bertz CT molecular complexity index is 1520. The van der Waals surface area contributed by atoms with Crippen molar-refractivity contribution in [3.05, 3.63) is 79.3 Å². The summed E-state index contributed by atoms with van der Waals surface area (Å²) in [6.07, 6.45) is 0. The lowest BCUT2D eigenvalue weighted by Crippen LogP contribution is -2.40. The number of carbonyl (C=O) groups excluding carboxylic acids is 1. The van der Waals surface area contributed by atoms with Crippen LogP contribution in [0.15, 0.2) is 58.1 Å². The smallest absolute Gasteiger partial charge is 0.337 e. The lowest BCUT2D eigenvalue weighted by atomic mass is 10.2. The van der Waals surface area contributed by atoms with Crippen LogP contribution < -0.4 is 26.0 Å². The van der Waals surface area contributed by atoms with Crippen molar-refractivity contribution in [2.75, 3.05) is 18.5 Å². The van der Waals surface area contributed by atoms with Gasteiger partial charge in [-0.2, -0.15) is 0 Å². The van der Waals surface area contributed by atoms with Crippen molar-refractivity contribution in [1.29, 1.82) is 0 Å². The molecule has 5 rings (SSSR count). The highest BCUT2D eigenvalue weighted by Crippen LogP contribution is 2.32. The molecule has 33 heavy (non-hydrogen) atoms. The first-order valence-corrected chi connectivity index (χ1v) is 11.3. The minimum atomic E-state index is -0.617. The predicted octanol–water partition coefficient (Wildman–Crippen LogP) is 3.59. The van der Waals surface area contributed by atoms with E-state index in [4.69, 9.17) is 21.1 Å².